The van der Waals surface area contributed by atoms with Gasteiger partial charge in [0.25, 0.3) is 5.91 Å². The number of amides is 1. The minimum Gasteiger partial charge on any atom is -0.506 e. The standard InChI is InChI=1S/C13H16ClN3O2/c14-9-6-15-10(5-12(9)18)13(19)16-11-7-17-3-1-8(11)2-4-17/h5-6,8,11H,1-4,7H2,(H,15,18)(H,16,19)/t11-/m0/s1. The first kappa shape index (κ1) is 12.7. The zero-order valence-corrected chi connectivity index (χ0v) is 11.2. The Bertz CT molecular complexity index is 501. The molecule has 3 saturated heterocycles. The van der Waals surface area contributed by atoms with Crippen LogP contribution in [0.3, 0.4) is 0 Å². The molecule has 5 nitrogen and oxygen atoms in total. The van der Waals surface area contributed by atoms with Crippen molar-refractivity contribution in [2.24, 2.45) is 5.92 Å². The number of hydrogen-bond acceptors (Lipinski definition) is 4. The molecule has 19 heavy (non-hydrogen) atoms. The molecular weight excluding hydrogens is 266 g/mol. The number of nitrogens with one attached hydrogen (secondary N) is 1. The maximum Gasteiger partial charge on any atom is 0.270 e. The molecule has 2 N–H and O–H groups in total. The third-order valence-corrected chi connectivity index (χ3v) is 4.33. The van der Waals surface area contributed by atoms with E-state index in [1.807, 2.05) is 0 Å². The highest BCUT2D eigenvalue weighted by Gasteiger charge is 2.35. The van der Waals surface area contributed by atoms with Gasteiger partial charge in [-0.2, -0.15) is 0 Å². The van der Waals surface area contributed by atoms with Crippen molar-refractivity contribution in [2.75, 3.05) is 19.6 Å². The van der Waals surface area contributed by atoms with Crippen LogP contribution < -0.4 is 5.32 Å². The molecule has 102 valence electrons. The van der Waals surface area contributed by atoms with Crippen LogP contribution in [0.5, 0.6) is 5.75 Å². The van der Waals surface area contributed by atoms with Crippen LogP contribution in [0, 0.1) is 5.92 Å². The van der Waals surface area contributed by atoms with Crippen molar-refractivity contribution < 1.29 is 9.90 Å². The van der Waals surface area contributed by atoms with Crippen LogP contribution in [0.1, 0.15) is 23.3 Å². The Balaban J connectivity index is 1.69. The van der Waals surface area contributed by atoms with E-state index in [1.165, 1.54) is 12.3 Å². The third-order valence-electron chi connectivity index (χ3n) is 4.04. The predicted octanol–water partition coefficient (Wildman–Crippen LogP) is 1.26. The molecule has 0 aromatic carbocycles. The molecule has 0 aliphatic carbocycles. The summed E-state index contributed by atoms with van der Waals surface area (Å²) < 4.78 is 0. The molecule has 3 aliphatic heterocycles. The van der Waals surface area contributed by atoms with E-state index in [0.29, 0.717) is 5.92 Å². The molecule has 0 unspecified atom stereocenters. The fraction of sp³-hybridized carbons (Fsp3) is 0.538. The second kappa shape index (κ2) is 4.98. The normalized spacial score (nSPS) is 29.2. The highest BCUT2D eigenvalue weighted by molar-refractivity contribution is 6.31. The molecule has 0 spiro atoms. The van der Waals surface area contributed by atoms with Gasteiger partial charge in [0.05, 0.1) is 6.20 Å². The van der Waals surface area contributed by atoms with Crippen LogP contribution >= 0.6 is 11.6 Å². The van der Waals surface area contributed by atoms with Gasteiger partial charge in [-0.3, -0.25) is 4.79 Å². The van der Waals surface area contributed by atoms with Crippen molar-refractivity contribution in [3.05, 3.63) is 23.0 Å². The summed E-state index contributed by atoms with van der Waals surface area (Å²) in [6.07, 6.45) is 3.58. The average molecular weight is 282 g/mol. The lowest BCUT2D eigenvalue weighted by Crippen LogP contribution is -2.57. The molecule has 1 aromatic rings. The van der Waals surface area contributed by atoms with E-state index in [1.54, 1.807) is 0 Å². The minimum absolute atomic E-state index is 0.115. The molecule has 4 heterocycles. The second-order valence-corrected chi connectivity index (χ2v) is 5.65. The number of nitrogens with zero attached hydrogens (tertiary/aromatic N) is 2. The van der Waals surface area contributed by atoms with Crippen molar-refractivity contribution in [3.8, 4) is 5.75 Å². The molecule has 1 atom stereocenters. The van der Waals surface area contributed by atoms with Gasteiger partial charge in [0.2, 0.25) is 0 Å². The van der Waals surface area contributed by atoms with Crippen LogP contribution in [0.4, 0.5) is 0 Å². The quantitative estimate of drug-likeness (QED) is 0.857. The molecule has 0 saturated carbocycles. The highest BCUT2D eigenvalue weighted by atomic mass is 35.5. The largest absolute Gasteiger partial charge is 0.506 e. The molecule has 3 fully saturated rings. The van der Waals surface area contributed by atoms with Crippen LogP contribution in [0.15, 0.2) is 12.3 Å². The fourth-order valence-corrected chi connectivity index (χ4v) is 3.03. The predicted molar refractivity (Wildman–Crippen MR) is 71.3 cm³/mol. The van der Waals surface area contributed by atoms with Gasteiger partial charge >= 0.3 is 0 Å². The number of pyridine rings is 1. The Morgan fingerprint density at radius 1 is 1.47 bits per heavy atom. The summed E-state index contributed by atoms with van der Waals surface area (Å²) in [5.41, 5.74) is 0.207. The van der Waals surface area contributed by atoms with Gasteiger partial charge in [-0.05, 0) is 31.8 Å². The van der Waals surface area contributed by atoms with Gasteiger partial charge in [-0.25, -0.2) is 4.98 Å². The first-order valence-corrected chi connectivity index (χ1v) is 6.89. The summed E-state index contributed by atoms with van der Waals surface area (Å²) in [7, 11) is 0. The number of fused-ring (bicyclic) bond motifs is 3. The molecule has 6 heteroatoms. The number of aromatic nitrogens is 1. The smallest absolute Gasteiger partial charge is 0.270 e. The molecule has 4 rings (SSSR count). The zero-order valence-electron chi connectivity index (χ0n) is 10.5. The van der Waals surface area contributed by atoms with Crippen molar-refractivity contribution in [1.29, 1.82) is 0 Å². The van der Waals surface area contributed by atoms with Crippen molar-refractivity contribution in [1.82, 2.24) is 15.2 Å². The van der Waals surface area contributed by atoms with E-state index in [4.69, 9.17) is 11.6 Å². The van der Waals surface area contributed by atoms with Crippen molar-refractivity contribution in [2.45, 2.75) is 18.9 Å². The van der Waals surface area contributed by atoms with Gasteiger partial charge in [0.15, 0.2) is 0 Å². The average Bonchev–Trinajstić information content (AvgIpc) is 2.43. The molecular formula is C13H16ClN3O2. The summed E-state index contributed by atoms with van der Waals surface area (Å²) >= 11 is 5.68. The summed E-state index contributed by atoms with van der Waals surface area (Å²) in [4.78, 5) is 18.4. The van der Waals surface area contributed by atoms with E-state index >= 15 is 0 Å². The summed E-state index contributed by atoms with van der Waals surface area (Å²) in [5, 5.41) is 12.7. The number of piperidine rings is 3. The maximum atomic E-state index is 12.1. The van der Waals surface area contributed by atoms with Gasteiger partial charge < -0.3 is 15.3 Å². The van der Waals surface area contributed by atoms with E-state index in [0.717, 1.165) is 32.5 Å². The molecule has 0 radical (unpaired) electrons. The lowest BCUT2D eigenvalue weighted by molar-refractivity contribution is 0.0617. The minimum atomic E-state index is -0.245. The molecule has 1 aromatic heterocycles. The fourth-order valence-electron chi connectivity index (χ4n) is 2.92. The van der Waals surface area contributed by atoms with Gasteiger partial charge in [0.1, 0.15) is 16.5 Å². The number of aromatic hydroxyl groups is 1. The third kappa shape index (κ3) is 2.53. The first-order valence-electron chi connectivity index (χ1n) is 6.51. The van der Waals surface area contributed by atoms with Gasteiger partial charge in [0, 0.05) is 18.7 Å². The van der Waals surface area contributed by atoms with E-state index < -0.39 is 0 Å². The molecule has 2 bridgehead atoms. The second-order valence-electron chi connectivity index (χ2n) is 5.24. The molecule has 3 aliphatic rings. The van der Waals surface area contributed by atoms with Gasteiger partial charge in [-0.1, -0.05) is 11.6 Å². The van der Waals surface area contributed by atoms with Crippen LogP contribution in [0.2, 0.25) is 5.02 Å². The topological polar surface area (TPSA) is 65.5 Å². The first-order chi connectivity index (χ1) is 9.13. The Kier molecular flexibility index (Phi) is 3.33. The van der Waals surface area contributed by atoms with Crippen LogP contribution in [-0.4, -0.2) is 46.6 Å². The Morgan fingerprint density at radius 2 is 2.21 bits per heavy atom. The van der Waals surface area contributed by atoms with E-state index in [9.17, 15) is 9.90 Å². The van der Waals surface area contributed by atoms with Crippen molar-refractivity contribution in [3.63, 3.8) is 0 Å². The zero-order chi connectivity index (χ0) is 13.4. The number of carbonyl (C=O) groups excluding carboxylic acids is 1. The number of rotatable bonds is 2. The van der Waals surface area contributed by atoms with E-state index in [2.05, 4.69) is 15.2 Å². The summed E-state index contributed by atoms with van der Waals surface area (Å²) in [5.74, 6) is 0.205. The van der Waals surface area contributed by atoms with Gasteiger partial charge in [-0.15, -0.1) is 0 Å². The highest BCUT2D eigenvalue weighted by Crippen LogP contribution is 2.28. The maximum absolute atomic E-state index is 12.1. The van der Waals surface area contributed by atoms with Crippen LogP contribution in [-0.2, 0) is 0 Å². The number of hydrogen-bond donors (Lipinski definition) is 2. The Hall–Kier alpha value is -1.33. The van der Waals surface area contributed by atoms with Crippen molar-refractivity contribution >= 4 is 17.5 Å². The lowest BCUT2D eigenvalue weighted by Gasteiger charge is -2.44. The lowest BCUT2D eigenvalue weighted by atomic mass is 9.84. The van der Waals surface area contributed by atoms with Crippen LogP contribution in [0.25, 0.3) is 0 Å². The summed E-state index contributed by atoms with van der Waals surface area (Å²) in [6.45, 7) is 3.18. The molecule has 1 amide bonds. The number of carbonyl (C=O) groups is 1. The number of halogens is 1. The Morgan fingerprint density at radius 3 is 2.79 bits per heavy atom. The van der Waals surface area contributed by atoms with E-state index in [-0.39, 0.29) is 28.4 Å². The monoisotopic (exact) mass is 281 g/mol. The Labute approximate surface area is 116 Å². The summed E-state index contributed by atoms with van der Waals surface area (Å²) in [6, 6.07) is 1.49. The SMILES string of the molecule is O=C(N[C@H]1CN2CCC1CC2)c1cc(O)c(Cl)cn1.